The number of nitrogens with zero attached hydrogens (tertiary/aromatic N) is 2. The Balaban J connectivity index is 1.69. The van der Waals surface area contributed by atoms with Gasteiger partial charge in [-0.1, -0.05) is 34.9 Å². The van der Waals surface area contributed by atoms with Crippen LogP contribution in [0.1, 0.15) is 12.5 Å². The highest BCUT2D eigenvalue weighted by atomic mass is 16.3. The first kappa shape index (κ1) is 13.6. The zero-order valence-electron chi connectivity index (χ0n) is 14.7. The SMILES string of the molecule is Cc1cc2oc3ccccc3c2cc1[N+]12c3ccccc3[N@@+]1(C)[C@@H]2C. The summed E-state index contributed by atoms with van der Waals surface area (Å²) in [5.74, 6) is 0. The van der Waals surface area contributed by atoms with Crippen LogP contribution in [0.15, 0.2) is 65.1 Å². The molecule has 0 saturated carbocycles. The molecule has 0 N–H and O–H groups in total. The Morgan fingerprint density at radius 2 is 1.52 bits per heavy atom. The van der Waals surface area contributed by atoms with Crippen LogP contribution in [0.4, 0.5) is 17.1 Å². The summed E-state index contributed by atoms with van der Waals surface area (Å²) in [6, 6.07) is 21.8. The van der Waals surface area contributed by atoms with Crippen LogP contribution < -0.4 is 9.18 Å². The molecule has 0 bridgehead atoms. The van der Waals surface area contributed by atoms with Gasteiger partial charge in [-0.15, -0.1) is 0 Å². The van der Waals surface area contributed by atoms with E-state index in [2.05, 4.69) is 75.5 Å². The van der Waals surface area contributed by atoms with Crippen LogP contribution in [0.3, 0.4) is 0 Å². The zero-order valence-corrected chi connectivity index (χ0v) is 14.7. The molecule has 0 aliphatic carbocycles. The van der Waals surface area contributed by atoms with E-state index in [4.69, 9.17) is 4.42 Å². The van der Waals surface area contributed by atoms with Crippen molar-refractivity contribution in [1.29, 1.82) is 0 Å². The largest absolute Gasteiger partial charge is 0.456 e. The van der Waals surface area contributed by atoms with E-state index < -0.39 is 0 Å². The maximum absolute atomic E-state index is 6.08. The molecule has 2 aliphatic heterocycles. The smallest absolute Gasteiger partial charge is 0.315 e. The van der Waals surface area contributed by atoms with Gasteiger partial charge in [0.25, 0.3) is 11.4 Å². The van der Waals surface area contributed by atoms with Gasteiger partial charge in [0.1, 0.15) is 18.2 Å². The Morgan fingerprint density at radius 3 is 2.36 bits per heavy atom. The molecule has 1 unspecified atom stereocenters. The monoisotopic (exact) mass is 328 g/mol. The Bertz CT molecular complexity index is 1210. The fourth-order valence-corrected chi connectivity index (χ4v) is 5.33. The van der Waals surface area contributed by atoms with Crippen LogP contribution in [0, 0.1) is 6.92 Å². The van der Waals surface area contributed by atoms with Gasteiger partial charge in [-0.2, -0.15) is 0 Å². The van der Waals surface area contributed by atoms with Crippen LogP contribution in [-0.2, 0) is 0 Å². The summed E-state index contributed by atoms with van der Waals surface area (Å²) in [5, 5.41) is 2.42. The Morgan fingerprint density at radius 1 is 0.800 bits per heavy atom. The van der Waals surface area contributed by atoms with Gasteiger partial charge in [0.2, 0.25) is 0 Å². The van der Waals surface area contributed by atoms with Gasteiger partial charge >= 0.3 is 6.17 Å². The summed E-state index contributed by atoms with van der Waals surface area (Å²) in [5.41, 5.74) is 7.54. The second-order valence-corrected chi connectivity index (χ2v) is 7.57. The Kier molecular flexibility index (Phi) is 2.16. The zero-order chi connectivity index (χ0) is 17.0. The molecule has 3 nitrogen and oxygen atoms in total. The number of hydrogen-bond donors (Lipinski definition) is 0. The predicted octanol–water partition coefficient (Wildman–Crippen LogP) is 5.76. The highest BCUT2D eigenvalue weighted by Crippen LogP contribution is 2.71. The molecule has 3 atom stereocenters. The maximum atomic E-state index is 6.08. The molecule has 6 rings (SSSR count). The molecule has 0 spiro atoms. The third-order valence-electron chi connectivity index (χ3n) is 6.67. The Labute approximate surface area is 146 Å². The van der Waals surface area contributed by atoms with Crippen molar-refractivity contribution < 1.29 is 4.42 Å². The number of quaternary nitrogens is 2. The normalized spacial score (nSPS) is 29.3. The molecule has 1 aromatic heterocycles. The lowest BCUT2D eigenvalue weighted by Crippen LogP contribution is -2.47. The van der Waals surface area contributed by atoms with E-state index in [9.17, 15) is 0 Å². The predicted molar refractivity (Wildman–Crippen MR) is 104 cm³/mol. The van der Waals surface area contributed by atoms with Crippen LogP contribution in [0.5, 0.6) is 0 Å². The van der Waals surface area contributed by atoms with Crippen molar-refractivity contribution in [3.8, 4) is 0 Å². The van der Waals surface area contributed by atoms with Gasteiger partial charge < -0.3 is 4.42 Å². The van der Waals surface area contributed by atoms with E-state index in [0.717, 1.165) is 20.4 Å². The molecule has 25 heavy (non-hydrogen) atoms. The number of benzene rings is 3. The van der Waals surface area contributed by atoms with E-state index in [-0.39, 0.29) is 0 Å². The number of rotatable bonds is 1. The van der Waals surface area contributed by atoms with E-state index in [1.165, 1.54) is 33.4 Å². The first-order valence-electron chi connectivity index (χ1n) is 8.88. The lowest BCUT2D eigenvalue weighted by atomic mass is 10.1. The van der Waals surface area contributed by atoms with Gasteiger partial charge in [0.15, 0.2) is 5.69 Å². The van der Waals surface area contributed by atoms with Crippen molar-refractivity contribution in [2.45, 2.75) is 20.0 Å². The minimum Gasteiger partial charge on any atom is -0.456 e. The van der Waals surface area contributed by atoms with Crippen molar-refractivity contribution in [2.75, 3.05) is 7.05 Å². The molecule has 1 saturated heterocycles. The van der Waals surface area contributed by atoms with E-state index >= 15 is 0 Å². The van der Waals surface area contributed by atoms with Crippen molar-refractivity contribution in [3.05, 3.63) is 66.2 Å². The third kappa shape index (κ3) is 1.24. The molecule has 0 radical (unpaired) electrons. The molecule has 1 fully saturated rings. The summed E-state index contributed by atoms with van der Waals surface area (Å²) in [7, 11) is 2.35. The Hall–Kier alpha value is -2.62. The maximum Gasteiger partial charge on any atom is 0.315 e. The van der Waals surface area contributed by atoms with Crippen LogP contribution >= 0.6 is 0 Å². The minimum absolute atomic E-state index is 0.520. The van der Waals surface area contributed by atoms with E-state index in [1.807, 2.05) is 6.07 Å². The summed E-state index contributed by atoms with van der Waals surface area (Å²) in [4.78, 5) is 0. The van der Waals surface area contributed by atoms with Gasteiger partial charge in [-0.25, -0.2) is 0 Å². The second-order valence-electron chi connectivity index (χ2n) is 7.57. The van der Waals surface area contributed by atoms with Gasteiger partial charge in [-0.05, 0) is 23.6 Å². The standard InChI is InChI=1S/C22H20N2O/c1-14-12-22-17(16-8-4-7-11-21(16)25-22)13-20(14)24-15(2)23(24,3)18-9-5-6-10-19(18)24/h4-13,15H,1-3H3/q+2/t15-,23+,24?/m0/s1. The van der Waals surface area contributed by atoms with Gasteiger partial charge in [0, 0.05) is 34.5 Å². The highest BCUT2D eigenvalue weighted by Gasteiger charge is 2.90. The fraction of sp³-hybridized carbons (Fsp3) is 0.182. The molecule has 0 amide bonds. The van der Waals surface area contributed by atoms with Gasteiger partial charge in [-0.3, -0.25) is 0 Å². The average molecular weight is 328 g/mol. The van der Waals surface area contributed by atoms with E-state index in [1.54, 1.807) is 0 Å². The molecule has 122 valence electrons. The number of hydrogen-bond acceptors (Lipinski definition) is 1. The summed E-state index contributed by atoms with van der Waals surface area (Å²) in [6.45, 7) is 4.57. The van der Waals surface area contributed by atoms with Crippen molar-refractivity contribution >= 4 is 39.0 Å². The number of aryl methyl sites for hydroxylation is 1. The van der Waals surface area contributed by atoms with Crippen LogP contribution in [0.25, 0.3) is 21.9 Å². The fourth-order valence-electron chi connectivity index (χ4n) is 5.33. The lowest BCUT2D eigenvalue weighted by Gasteiger charge is -2.29. The van der Waals surface area contributed by atoms with Crippen LogP contribution in [-0.4, -0.2) is 13.2 Å². The molecular formula is C22H20N2O+2. The third-order valence-corrected chi connectivity index (χ3v) is 6.67. The summed E-state index contributed by atoms with van der Waals surface area (Å²) in [6.07, 6.45) is 0.520. The van der Waals surface area contributed by atoms with Gasteiger partial charge in [0.05, 0.1) is 6.92 Å². The number of para-hydroxylation sites is 3. The van der Waals surface area contributed by atoms with E-state index in [0.29, 0.717) is 6.17 Å². The molecule has 3 aromatic carbocycles. The first-order chi connectivity index (χ1) is 12.1. The topological polar surface area (TPSA) is 13.1 Å². The first-order valence-corrected chi connectivity index (χ1v) is 8.88. The number of fused-ring (bicyclic) bond motifs is 7. The van der Waals surface area contributed by atoms with Crippen molar-refractivity contribution in [1.82, 2.24) is 9.18 Å². The summed E-state index contributed by atoms with van der Waals surface area (Å²) >= 11 is 0. The van der Waals surface area contributed by atoms with Crippen molar-refractivity contribution in [3.63, 3.8) is 0 Å². The molecule has 2 aliphatic rings. The number of furan rings is 1. The highest BCUT2D eigenvalue weighted by molar-refractivity contribution is 6.07. The quantitative estimate of drug-likeness (QED) is 0.320. The molecular weight excluding hydrogens is 308 g/mol. The second kappa shape index (κ2) is 3.96. The molecule has 3 heterocycles. The molecule has 4 aromatic rings. The molecule has 3 heteroatoms. The lowest BCUT2D eigenvalue weighted by molar-refractivity contribution is 0.382. The average Bonchev–Trinajstić information content (AvgIpc) is 2.89. The summed E-state index contributed by atoms with van der Waals surface area (Å²) < 4.78 is 7.97. The van der Waals surface area contributed by atoms with Crippen molar-refractivity contribution in [2.24, 2.45) is 0 Å². The van der Waals surface area contributed by atoms with Crippen LogP contribution in [0.2, 0.25) is 0 Å². The minimum atomic E-state index is 0.520.